The van der Waals surface area contributed by atoms with Crippen LogP contribution in [0.1, 0.15) is 68.1 Å². The minimum absolute atomic E-state index is 0.117. The molecule has 26 heavy (non-hydrogen) atoms. The predicted molar refractivity (Wildman–Crippen MR) is 103 cm³/mol. The number of rotatable bonds is 5. The second kappa shape index (κ2) is 7.02. The summed E-state index contributed by atoms with van der Waals surface area (Å²) < 4.78 is 1.84. The van der Waals surface area contributed by atoms with Crippen LogP contribution in [0.4, 0.5) is 5.82 Å². The third-order valence-electron chi connectivity index (χ3n) is 5.43. The summed E-state index contributed by atoms with van der Waals surface area (Å²) in [6.45, 7) is 4.28. The van der Waals surface area contributed by atoms with E-state index < -0.39 is 0 Å². The van der Waals surface area contributed by atoms with Gasteiger partial charge in [0.05, 0.1) is 23.3 Å². The Bertz CT molecular complexity index is 910. The van der Waals surface area contributed by atoms with E-state index in [1.54, 1.807) is 0 Å². The molecule has 6 nitrogen and oxygen atoms in total. The van der Waals surface area contributed by atoms with Gasteiger partial charge < -0.3 is 5.32 Å². The first kappa shape index (κ1) is 16.9. The zero-order valence-corrected chi connectivity index (χ0v) is 15.7. The van der Waals surface area contributed by atoms with Crippen molar-refractivity contribution >= 4 is 16.9 Å². The average Bonchev–Trinajstić information content (AvgIpc) is 3.31. The largest absolute Gasteiger partial charge is 0.361 e. The van der Waals surface area contributed by atoms with Crippen molar-refractivity contribution in [1.29, 1.82) is 0 Å². The van der Waals surface area contributed by atoms with Crippen molar-refractivity contribution < 1.29 is 0 Å². The Hall–Kier alpha value is -2.50. The monoisotopic (exact) mass is 350 g/mol. The highest BCUT2D eigenvalue weighted by atomic mass is 15.3. The molecule has 1 fully saturated rings. The van der Waals surface area contributed by atoms with Crippen LogP contribution in [0.2, 0.25) is 0 Å². The predicted octanol–water partition coefficient (Wildman–Crippen LogP) is 4.29. The smallest absolute Gasteiger partial charge is 0.163 e. The molecular formula is C20H26N6. The van der Waals surface area contributed by atoms with Crippen LogP contribution < -0.4 is 5.32 Å². The summed E-state index contributed by atoms with van der Waals surface area (Å²) >= 11 is 0. The van der Waals surface area contributed by atoms with Crippen LogP contribution in [0.5, 0.6) is 0 Å². The van der Waals surface area contributed by atoms with Gasteiger partial charge in [0.25, 0.3) is 0 Å². The molecule has 136 valence electrons. The van der Waals surface area contributed by atoms with Gasteiger partial charge in [-0.25, -0.2) is 9.97 Å². The van der Waals surface area contributed by atoms with Crippen LogP contribution in [0.3, 0.4) is 0 Å². The lowest BCUT2D eigenvalue weighted by Crippen LogP contribution is -2.15. The summed E-state index contributed by atoms with van der Waals surface area (Å²) in [7, 11) is 1.94. The van der Waals surface area contributed by atoms with Crippen molar-refractivity contribution in [1.82, 2.24) is 24.7 Å². The first-order chi connectivity index (χ1) is 12.7. The van der Waals surface area contributed by atoms with E-state index in [2.05, 4.69) is 35.3 Å². The molecule has 0 saturated heterocycles. The number of nitrogens with zero attached hydrogens (tertiary/aromatic N) is 5. The third-order valence-corrected chi connectivity index (χ3v) is 5.43. The van der Waals surface area contributed by atoms with Crippen molar-refractivity contribution in [2.24, 2.45) is 7.05 Å². The highest BCUT2D eigenvalue weighted by Gasteiger charge is 2.23. The van der Waals surface area contributed by atoms with Crippen molar-refractivity contribution in [2.45, 2.75) is 57.9 Å². The van der Waals surface area contributed by atoms with E-state index in [1.807, 2.05) is 30.2 Å². The van der Waals surface area contributed by atoms with Gasteiger partial charge in [0.2, 0.25) is 0 Å². The van der Waals surface area contributed by atoms with Crippen molar-refractivity contribution in [3.63, 3.8) is 0 Å². The highest BCUT2D eigenvalue weighted by molar-refractivity contribution is 5.86. The van der Waals surface area contributed by atoms with Gasteiger partial charge >= 0.3 is 0 Å². The topological polar surface area (TPSA) is 68.5 Å². The summed E-state index contributed by atoms with van der Waals surface area (Å²) in [6, 6.07) is 4.20. The quantitative estimate of drug-likeness (QED) is 0.743. The van der Waals surface area contributed by atoms with E-state index in [1.165, 1.54) is 31.2 Å². The summed E-state index contributed by atoms with van der Waals surface area (Å²) in [5, 5.41) is 9.02. The van der Waals surface area contributed by atoms with Crippen LogP contribution in [0.25, 0.3) is 11.0 Å². The van der Waals surface area contributed by atoms with Gasteiger partial charge in [-0.1, -0.05) is 25.8 Å². The maximum atomic E-state index is 4.94. The number of fused-ring (bicyclic) bond motifs is 1. The molecule has 3 heterocycles. The zero-order valence-electron chi connectivity index (χ0n) is 15.7. The molecule has 3 aromatic rings. The van der Waals surface area contributed by atoms with E-state index >= 15 is 0 Å². The fourth-order valence-corrected chi connectivity index (χ4v) is 3.91. The van der Waals surface area contributed by atoms with Gasteiger partial charge in [-0.05, 0) is 37.8 Å². The summed E-state index contributed by atoms with van der Waals surface area (Å²) in [5.41, 5.74) is 3.17. The van der Waals surface area contributed by atoms with E-state index in [0.29, 0.717) is 5.92 Å². The van der Waals surface area contributed by atoms with Crippen LogP contribution in [-0.2, 0) is 7.05 Å². The minimum atomic E-state index is 0.117. The Labute approximate surface area is 154 Å². The Kier molecular flexibility index (Phi) is 4.57. The Morgan fingerprint density at radius 1 is 1.27 bits per heavy atom. The molecule has 1 saturated carbocycles. The second-order valence-corrected chi connectivity index (χ2v) is 7.23. The molecule has 0 aliphatic heterocycles. The van der Waals surface area contributed by atoms with Crippen LogP contribution in [0, 0.1) is 6.92 Å². The standard InChI is InChI=1S/C20H26N6/c1-4-16(17-13(2)8-7-11-21-17)23-19-15-12-22-26(3)20(15)25-18(24-19)14-9-5-6-10-14/h7-8,11-12,14,16H,4-6,9-10H2,1-3H3,(H,23,24,25)/t16-/m0/s1. The maximum Gasteiger partial charge on any atom is 0.163 e. The van der Waals surface area contributed by atoms with Crippen molar-refractivity contribution in [2.75, 3.05) is 5.32 Å². The van der Waals surface area contributed by atoms with E-state index in [-0.39, 0.29) is 6.04 Å². The lowest BCUT2D eigenvalue weighted by molar-refractivity contribution is 0.662. The van der Waals surface area contributed by atoms with Gasteiger partial charge in [0.1, 0.15) is 11.6 Å². The number of hydrogen-bond donors (Lipinski definition) is 1. The Balaban J connectivity index is 1.75. The highest BCUT2D eigenvalue weighted by Crippen LogP contribution is 2.35. The molecule has 0 bridgehead atoms. The molecule has 3 aromatic heterocycles. The van der Waals surface area contributed by atoms with Gasteiger partial charge in [0.15, 0.2) is 5.65 Å². The molecule has 1 N–H and O–H groups in total. The molecule has 1 aliphatic rings. The average molecular weight is 350 g/mol. The first-order valence-electron chi connectivity index (χ1n) is 9.55. The molecular weight excluding hydrogens is 324 g/mol. The Morgan fingerprint density at radius 2 is 2.08 bits per heavy atom. The van der Waals surface area contributed by atoms with E-state index in [4.69, 9.17) is 9.97 Å². The normalized spacial score (nSPS) is 16.3. The second-order valence-electron chi connectivity index (χ2n) is 7.23. The number of nitrogens with one attached hydrogen (secondary N) is 1. The molecule has 1 aliphatic carbocycles. The maximum absolute atomic E-state index is 4.94. The number of aryl methyl sites for hydroxylation is 2. The fourth-order valence-electron chi connectivity index (χ4n) is 3.91. The molecule has 4 rings (SSSR count). The van der Waals surface area contributed by atoms with Crippen molar-refractivity contribution in [3.05, 3.63) is 41.6 Å². The van der Waals surface area contributed by atoms with Crippen molar-refractivity contribution in [3.8, 4) is 0 Å². The van der Waals surface area contributed by atoms with Crippen LogP contribution in [-0.4, -0.2) is 24.7 Å². The number of aromatic nitrogens is 5. The third kappa shape index (κ3) is 3.04. The van der Waals surface area contributed by atoms with Gasteiger partial charge in [-0.3, -0.25) is 9.67 Å². The van der Waals surface area contributed by atoms with Gasteiger partial charge in [-0.15, -0.1) is 0 Å². The summed E-state index contributed by atoms with van der Waals surface area (Å²) in [6.07, 6.45) is 9.54. The molecule has 0 aromatic carbocycles. The summed E-state index contributed by atoms with van der Waals surface area (Å²) in [5.74, 6) is 2.29. The lowest BCUT2D eigenvalue weighted by atomic mass is 10.1. The molecule has 0 spiro atoms. The zero-order chi connectivity index (χ0) is 18.1. The minimum Gasteiger partial charge on any atom is -0.361 e. The van der Waals surface area contributed by atoms with E-state index in [0.717, 1.165) is 34.8 Å². The van der Waals surface area contributed by atoms with Crippen LogP contribution in [0.15, 0.2) is 24.5 Å². The van der Waals surface area contributed by atoms with Crippen LogP contribution >= 0.6 is 0 Å². The lowest BCUT2D eigenvalue weighted by Gasteiger charge is -2.20. The molecule has 6 heteroatoms. The Morgan fingerprint density at radius 3 is 2.81 bits per heavy atom. The number of pyridine rings is 1. The first-order valence-corrected chi connectivity index (χ1v) is 9.55. The number of anilines is 1. The molecule has 0 amide bonds. The van der Waals surface area contributed by atoms with Gasteiger partial charge in [0, 0.05) is 19.2 Å². The fraction of sp³-hybridized carbons (Fsp3) is 0.500. The SMILES string of the molecule is CC[C@H](Nc1nc(C2CCCC2)nc2c1cnn2C)c1ncccc1C. The van der Waals surface area contributed by atoms with E-state index in [9.17, 15) is 0 Å². The van der Waals surface area contributed by atoms with Gasteiger partial charge in [-0.2, -0.15) is 5.10 Å². The number of hydrogen-bond acceptors (Lipinski definition) is 5. The molecule has 1 atom stereocenters. The molecule has 0 unspecified atom stereocenters. The summed E-state index contributed by atoms with van der Waals surface area (Å²) in [4.78, 5) is 14.4. The molecule has 0 radical (unpaired) electrons.